The number of carboxylic acids is 1. The number of nitrogens with one attached hydrogen (secondary N) is 1. The minimum atomic E-state index is -0.821. The van der Waals surface area contributed by atoms with Gasteiger partial charge in [-0.25, -0.2) is 0 Å². The molecule has 0 unspecified atom stereocenters. The van der Waals surface area contributed by atoms with Crippen LogP contribution in [0.5, 0.6) is 5.75 Å². The van der Waals surface area contributed by atoms with Gasteiger partial charge < -0.3 is 15.2 Å². The Labute approximate surface area is 153 Å². The second-order valence-electron chi connectivity index (χ2n) is 7.14. The number of hydrogen-bond acceptors (Lipinski definition) is 4. The summed E-state index contributed by atoms with van der Waals surface area (Å²) < 4.78 is 5.14. The van der Waals surface area contributed by atoms with Gasteiger partial charge in [0.1, 0.15) is 5.75 Å². The first kappa shape index (κ1) is 18.5. The number of benzene rings is 1. The van der Waals surface area contributed by atoms with Crippen molar-refractivity contribution in [3.05, 3.63) is 35.9 Å². The van der Waals surface area contributed by atoms with Crippen molar-refractivity contribution in [3.63, 3.8) is 0 Å². The molecular formula is C20H26N2O4. The maximum atomic E-state index is 12.4. The lowest BCUT2D eigenvalue weighted by Gasteiger charge is -2.34. The van der Waals surface area contributed by atoms with Gasteiger partial charge in [-0.2, -0.15) is 0 Å². The molecule has 6 heteroatoms. The van der Waals surface area contributed by atoms with Crippen LogP contribution in [0.2, 0.25) is 0 Å². The predicted molar refractivity (Wildman–Crippen MR) is 98.9 cm³/mol. The quantitative estimate of drug-likeness (QED) is 0.779. The van der Waals surface area contributed by atoms with E-state index in [-0.39, 0.29) is 11.8 Å². The summed E-state index contributed by atoms with van der Waals surface area (Å²) in [5, 5.41) is 12.4. The molecular weight excluding hydrogens is 332 g/mol. The monoisotopic (exact) mass is 358 g/mol. The zero-order valence-corrected chi connectivity index (χ0v) is 15.1. The van der Waals surface area contributed by atoms with E-state index in [0.29, 0.717) is 32.1 Å². The van der Waals surface area contributed by atoms with Crippen LogP contribution < -0.4 is 10.1 Å². The minimum absolute atomic E-state index is 0.00239. The number of rotatable bonds is 7. The third-order valence-electron chi connectivity index (χ3n) is 4.96. The van der Waals surface area contributed by atoms with E-state index in [0.717, 1.165) is 24.2 Å². The second-order valence-corrected chi connectivity index (χ2v) is 7.14. The van der Waals surface area contributed by atoms with Crippen LogP contribution in [0.1, 0.15) is 24.8 Å². The Hall–Kier alpha value is -2.34. The first-order chi connectivity index (χ1) is 12.5. The standard InChI is InChI=1S/C20H26N2O4/c1-26-18-8-4-14(5-9-18)3-2-10-22-12-15(11-16(13-22)20(24)25)19(23)21-17-6-7-17/h2-5,8-9,15-17H,6-7,10-13H2,1H3,(H,21,23)(H,24,25)/t15-,16+/m1/s1. The van der Waals surface area contributed by atoms with Crippen molar-refractivity contribution < 1.29 is 19.4 Å². The third kappa shape index (κ3) is 5.08. The van der Waals surface area contributed by atoms with Crippen LogP contribution in [0.3, 0.4) is 0 Å². The summed E-state index contributed by atoms with van der Waals surface area (Å²) in [4.78, 5) is 25.9. The maximum Gasteiger partial charge on any atom is 0.307 e. The zero-order chi connectivity index (χ0) is 18.5. The number of piperidine rings is 1. The summed E-state index contributed by atoms with van der Waals surface area (Å²) >= 11 is 0. The second kappa shape index (κ2) is 8.36. The van der Waals surface area contributed by atoms with E-state index in [9.17, 15) is 14.7 Å². The molecule has 2 atom stereocenters. The van der Waals surface area contributed by atoms with Gasteiger partial charge in [-0.3, -0.25) is 14.5 Å². The van der Waals surface area contributed by atoms with E-state index in [1.165, 1.54) is 0 Å². The zero-order valence-electron chi connectivity index (χ0n) is 15.1. The Morgan fingerprint density at radius 2 is 1.92 bits per heavy atom. The van der Waals surface area contributed by atoms with Crippen molar-refractivity contribution >= 4 is 18.0 Å². The molecule has 1 aliphatic carbocycles. The first-order valence-electron chi connectivity index (χ1n) is 9.11. The van der Waals surface area contributed by atoms with Gasteiger partial charge in [-0.1, -0.05) is 24.3 Å². The normalized spacial score (nSPS) is 23.7. The fraction of sp³-hybridized carbons (Fsp3) is 0.500. The van der Waals surface area contributed by atoms with Gasteiger partial charge in [-0.15, -0.1) is 0 Å². The summed E-state index contributed by atoms with van der Waals surface area (Å²) in [7, 11) is 1.63. The summed E-state index contributed by atoms with van der Waals surface area (Å²) in [6.45, 7) is 1.72. The highest BCUT2D eigenvalue weighted by Crippen LogP contribution is 2.25. The topological polar surface area (TPSA) is 78.9 Å². The van der Waals surface area contributed by atoms with Gasteiger partial charge in [0.05, 0.1) is 18.9 Å². The largest absolute Gasteiger partial charge is 0.497 e. The van der Waals surface area contributed by atoms with E-state index in [4.69, 9.17) is 4.74 Å². The molecule has 2 fully saturated rings. The summed E-state index contributed by atoms with van der Waals surface area (Å²) in [6, 6.07) is 8.05. The van der Waals surface area contributed by atoms with Crippen LogP contribution in [-0.2, 0) is 9.59 Å². The Kier molecular flexibility index (Phi) is 5.93. The fourth-order valence-electron chi connectivity index (χ4n) is 3.31. The maximum absolute atomic E-state index is 12.4. The average Bonchev–Trinajstić information content (AvgIpc) is 3.46. The SMILES string of the molecule is COc1ccc(C=CCN2C[C@@H](C(=O)O)C[C@@H](C(=O)NC3CC3)C2)cc1. The summed E-state index contributed by atoms with van der Waals surface area (Å²) in [5.41, 5.74) is 1.06. The van der Waals surface area contributed by atoms with E-state index >= 15 is 0 Å². The van der Waals surface area contributed by atoms with E-state index < -0.39 is 11.9 Å². The molecule has 1 aliphatic heterocycles. The molecule has 1 amide bonds. The Morgan fingerprint density at radius 3 is 2.54 bits per heavy atom. The molecule has 1 saturated heterocycles. The highest BCUT2D eigenvalue weighted by Gasteiger charge is 2.36. The van der Waals surface area contributed by atoms with Gasteiger partial charge in [0, 0.05) is 25.7 Å². The molecule has 0 bridgehead atoms. The summed E-state index contributed by atoms with van der Waals surface area (Å²) in [6.07, 6.45) is 6.52. The Bertz CT molecular complexity index is 667. The highest BCUT2D eigenvalue weighted by molar-refractivity contribution is 5.81. The van der Waals surface area contributed by atoms with Crippen LogP contribution in [0, 0.1) is 11.8 Å². The molecule has 3 rings (SSSR count). The molecule has 140 valence electrons. The molecule has 2 N–H and O–H groups in total. The van der Waals surface area contributed by atoms with Gasteiger partial charge in [0.15, 0.2) is 0 Å². The molecule has 6 nitrogen and oxygen atoms in total. The van der Waals surface area contributed by atoms with Crippen molar-refractivity contribution in [3.8, 4) is 5.75 Å². The molecule has 1 saturated carbocycles. The first-order valence-corrected chi connectivity index (χ1v) is 9.11. The molecule has 2 aliphatic rings. The van der Waals surface area contributed by atoms with Crippen LogP contribution in [-0.4, -0.2) is 54.7 Å². The number of carbonyl (C=O) groups excluding carboxylic acids is 1. The number of carbonyl (C=O) groups is 2. The smallest absolute Gasteiger partial charge is 0.307 e. The van der Waals surface area contributed by atoms with E-state index in [2.05, 4.69) is 10.2 Å². The van der Waals surface area contributed by atoms with Gasteiger partial charge in [0.2, 0.25) is 5.91 Å². The minimum Gasteiger partial charge on any atom is -0.497 e. The van der Waals surface area contributed by atoms with Crippen molar-refractivity contribution in [2.75, 3.05) is 26.7 Å². The Morgan fingerprint density at radius 1 is 1.23 bits per heavy atom. The van der Waals surface area contributed by atoms with Crippen molar-refractivity contribution in [2.45, 2.75) is 25.3 Å². The van der Waals surface area contributed by atoms with Crippen molar-refractivity contribution in [1.29, 1.82) is 0 Å². The van der Waals surface area contributed by atoms with Gasteiger partial charge in [-0.05, 0) is 37.0 Å². The average molecular weight is 358 g/mol. The lowest BCUT2D eigenvalue weighted by molar-refractivity contribution is -0.145. The number of ether oxygens (including phenoxy) is 1. The number of hydrogen-bond donors (Lipinski definition) is 2. The molecule has 1 aromatic carbocycles. The molecule has 1 heterocycles. The van der Waals surface area contributed by atoms with Crippen LogP contribution >= 0.6 is 0 Å². The van der Waals surface area contributed by atoms with Gasteiger partial charge in [0.25, 0.3) is 0 Å². The number of nitrogens with zero attached hydrogens (tertiary/aromatic N) is 1. The van der Waals surface area contributed by atoms with Gasteiger partial charge >= 0.3 is 5.97 Å². The molecule has 1 aromatic rings. The molecule has 0 aromatic heterocycles. The van der Waals surface area contributed by atoms with E-state index in [1.807, 2.05) is 36.4 Å². The number of methoxy groups -OCH3 is 1. The van der Waals surface area contributed by atoms with Crippen molar-refractivity contribution in [2.24, 2.45) is 11.8 Å². The number of aliphatic carboxylic acids is 1. The molecule has 26 heavy (non-hydrogen) atoms. The molecule has 0 radical (unpaired) electrons. The number of carboxylic acid groups (broad SMARTS) is 1. The lowest BCUT2D eigenvalue weighted by atomic mass is 9.88. The fourth-order valence-corrected chi connectivity index (χ4v) is 3.31. The van der Waals surface area contributed by atoms with E-state index in [1.54, 1.807) is 7.11 Å². The highest BCUT2D eigenvalue weighted by atomic mass is 16.5. The summed E-state index contributed by atoms with van der Waals surface area (Å²) in [5.74, 6) is -0.749. The van der Waals surface area contributed by atoms with Crippen LogP contribution in [0.15, 0.2) is 30.3 Å². The van der Waals surface area contributed by atoms with Crippen LogP contribution in [0.4, 0.5) is 0 Å². The van der Waals surface area contributed by atoms with Crippen molar-refractivity contribution in [1.82, 2.24) is 10.2 Å². The predicted octanol–water partition coefficient (Wildman–Crippen LogP) is 2.01. The number of likely N-dealkylation sites (tertiary alicyclic amines) is 1. The third-order valence-corrected chi connectivity index (χ3v) is 4.96. The molecule has 0 spiro atoms. The van der Waals surface area contributed by atoms with Crippen LogP contribution in [0.25, 0.3) is 6.08 Å². The lowest BCUT2D eigenvalue weighted by Crippen LogP contribution is -2.48. The Balaban J connectivity index is 1.58. The number of amides is 1.